The number of aromatic amines is 1. The zero-order valence-corrected chi connectivity index (χ0v) is 20.5. The fourth-order valence-corrected chi connectivity index (χ4v) is 4.77. The highest BCUT2D eigenvalue weighted by Gasteiger charge is 2.35. The summed E-state index contributed by atoms with van der Waals surface area (Å²) in [5.74, 6) is 1.21. The smallest absolute Gasteiger partial charge is 0.416 e. The van der Waals surface area contributed by atoms with Crippen molar-refractivity contribution in [1.82, 2.24) is 9.88 Å². The summed E-state index contributed by atoms with van der Waals surface area (Å²) in [6, 6.07) is 20.1. The number of fused-ring (bicyclic) bond motifs is 3. The van der Waals surface area contributed by atoms with Gasteiger partial charge in [0, 0.05) is 33.2 Å². The maximum Gasteiger partial charge on any atom is 0.416 e. The van der Waals surface area contributed by atoms with Crippen LogP contribution in [0.5, 0.6) is 11.5 Å². The van der Waals surface area contributed by atoms with E-state index in [1.54, 1.807) is 29.2 Å². The molecule has 1 aliphatic heterocycles. The minimum atomic E-state index is -0.425. The monoisotopic (exact) mass is 506 g/mol. The lowest BCUT2D eigenvalue weighted by Gasteiger charge is -2.35. The maximum absolute atomic E-state index is 13.4. The van der Waals surface area contributed by atoms with Gasteiger partial charge in [0.1, 0.15) is 17.5 Å². The van der Waals surface area contributed by atoms with E-state index < -0.39 is 6.09 Å². The van der Waals surface area contributed by atoms with Gasteiger partial charge in [0.15, 0.2) is 0 Å². The molecule has 5 nitrogen and oxygen atoms in total. The third-order valence-corrected chi connectivity index (χ3v) is 6.62. The second-order valence-electron chi connectivity index (χ2n) is 8.37. The molecule has 178 valence electrons. The van der Waals surface area contributed by atoms with Crippen molar-refractivity contribution in [3.63, 3.8) is 0 Å². The summed E-state index contributed by atoms with van der Waals surface area (Å²) in [6.45, 7) is 4.79. The summed E-state index contributed by atoms with van der Waals surface area (Å²) >= 11 is 12.3. The fraction of sp³-hybridized carbons (Fsp3) is 0.179. The number of nitrogens with zero attached hydrogens (tertiary/aromatic N) is 1. The van der Waals surface area contributed by atoms with Crippen molar-refractivity contribution >= 4 is 40.2 Å². The van der Waals surface area contributed by atoms with Gasteiger partial charge < -0.3 is 14.5 Å². The molecule has 0 unspecified atom stereocenters. The standard InChI is InChI=1S/C28H24Cl2N2O3/c1-2-3-16-34-21-9-4-18(5-10-21)27-26-23(24-17-20(30)8-13-25(24)31-26)14-15-32(27)28(33)35-22-11-6-19(29)7-12-22/h2,4-13,17,27,31H,1,3,14-16H2/t27-/m0/s1. The molecule has 0 saturated heterocycles. The maximum atomic E-state index is 13.4. The highest BCUT2D eigenvalue weighted by molar-refractivity contribution is 6.31. The molecular formula is C28H24Cl2N2O3. The third kappa shape index (κ3) is 4.88. The number of rotatable bonds is 6. The minimum Gasteiger partial charge on any atom is -0.493 e. The number of H-pyrrole nitrogens is 1. The Kier molecular flexibility index (Phi) is 6.71. The van der Waals surface area contributed by atoms with Gasteiger partial charge in [0.05, 0.1) is 6.61 Å². The molecule has 1 atom stereocenters. The Morgan fingerprint density at radius 2 is 1.74 bits per heavy atom. The van der Waals surface area contributed by atoms with Crippen LogP contribution in [0.25, 0.3) is 10.9 Å². The average Bonchev–Trinajstić information content (AvgIpc) is 3.23. The van der Waals surface area contributed by atoms with Crippen LogP contribution in [0.1, 0.15) is 29.3 Å². The van der Waals surface area contributed by atoms with Crippen LogP contribution in [0.2, 0.25) is 10.0 Å². The first-order chi connectivity index (χ1) is 17.0. The average molecular weight is 507 g/mol. The van der Waals surface area contributed by atoms with Crippen LogP contribution >= 0.6 is 23.2 Å². The molecule has 0 spiro atoms. The lowest BCUT2D eigenvalue weighted by Crippen LogP contribution is -2.42. The number of benzene rings is 3. The normalized spacial score (nSPS) is 15.0. The van der Waals surface area contributed by atoms with Crippen LogP contribution in [0.4, 0.5) is 4.79 Å². The van der Waals surface area contributed by atoms with Crippen LogP contribution in [0.3, 0.4) is 0 Å². The van der Waals surface area contributed by atoms with E-state index >= 15 is 0 Å². The predicted molar refractivity (Wildman–Crippen MR) is 140 cm³/mol. The van der Waals surface area contributed by atoms with E-state index in [1.807, 2.05) is 48.5 Å². The van der Waals surface area contributed by atoms with Crippen molar-refractivity contribution in [2.75, 3.05) is 13.2 Å². The Balaban J connectivity index is 1.51. The Morgan fingerprint density at radius 1 is 1.03 bits per heavy atom. The minimum absolute atomic E-state index is 0.355. The highest BCUT2D eigenvalue weighted by Crippen LogP contribution is 2.40. The van der Waals surface area contributed by atoms with Crippen LogP contribution in [0.15, 0.2) is 79.4 Å². The number of halogens is 2. The van der Waals surface area contributed by atoms with Crippen molar-refractivity contribution in [3.05, 3.63) is 106 Å². The van der Waals surface area contributed by atoms with Crippen LogP contribution < -0.4 is 9.47 Å². The number of amides is 1. The van der Waals surface area contributed by atoms with Gasteiger partial charge >= 0.3 is 6.09 Å². The van der Waals surface area contributed by atoms with Gasteiger partial charge in [-0.2, -0.15) is 0 Å². The molecule has 1 amide bonds. The number of hydrogen-bond donors (Lipinski definition) is 1. The zero-order valence-electron chi connectivity index (χ0n) is 19.0. The molecule has 1 aromatic heterocycles. The number of aromatic nitrogens is 1. The number of hydrogen-bond acceptors (Lipinski definition) is 3. The molecule has 0 aliphatic carbocycles. The molecule has 0 bridgehead atoms. The molecule has 1 aliphatic rings. The van der Waals surface area contributed by atoms with Gasteiger partial charge in [-0.05, 0) is 78.6 Å². The molecule has 5 rings (SSSR count). The van der Waals surface area contributed by atoms with Crippen molar-refractivity contribution < 1.29 is 14.3 Å². The largest absolute Gasteiger partial charge is 0.493 e. The van der Waals surface area contributed by atoms with Gasteiger partial charge in [-0.15, -0.1) is 6.58 Å². The van der Waals surface area contributed by atoms with Crippen molar-refractivity contribution in [2.45, 2.75) is 18.9 Å². The first kappa shape index (κ1) is 23.3. The van der Waals surface area contributed by atoms with E-state index in [-0.39, 0.29) is 6.04 Å². The van der Waals surface area contributed by atoms with E-state index in [0.717, 1.165) is 39.9 Å². The second kappa shape index (κ2) is 10.1. The van der Waals surface area contributed by atoms with Gasteiger partial charge in [-0.3, -0.25) is 4.90 Å². The summed E-state index contributed by atoms with van der Waals surface area (Å²) in [5, 5.41) is 2.34. The number of carbonyl (C=O) groups excluding carboxylic acids is 1. The molecule has 3 aromatic carbocycles. The molecule has 7 heteroatoms. The molecule has 0 radical (unpaired) electrons. The molecular weight excluding hydrogens is 483 g/mol. The third-order valence-electron chi connectivity index (χ3n) is 6.13. The first-order valence-electron chi connectivity index (χ1n) is 11.4. The van der Waals surface area contributed by atoms with E-state index in [4.69, 9.17) is 32.7 Å². The lowest BCUT2D eigenvalue weighted by atomic mass is 9.92. The van der Waals surface area contributed by atoms with Gasteiger partial charge in [-0.1, -0.05) is 41.4 Å². The topological polar surface area (TPSA) is 54.6 Å². The van der Waals surface area contributed by atoms with Crippen LogP contribution in [-0.2, 0) is 6.42 Å². The van der Waals surface area contributed by atoms with Gasteiger partial charge in [0.2, 0.25) is 0 Å². The lowest BCUT2D eigenvalue weighted by molar-refractivity contribution is 0.135. The van der Waals surface area contributed by atoms with Gasteiger partial charge in [0.25, 0.3) is 0 Å². The SMILES string of the molecule is C=CCCOc1ccc([C@H]2c3[nH]c4ccc(Cl)cc4c3CCN2C(=O)Oc2ccc(Cl)cc2)cc1. The van der Waals surface area contributed by atoms with Gasteiger partial charge in [-0.25, -0.2) is 4.79 Å². The second-order valence-corrected chi connectivity index (χ2v) is 9.24. The predicted octanol–water partition coefficient (Wildman–Crippen LogP) is 7.58. The Hall–Kier alpha value is -3.41. The van der Waals surface area contributed by atoms with E-state index in [0.29, 0.717) is 35.4 Å². The summed E-state index contributed by atoms with van der Waals surface area (Å²) in [4.78, 5) is 18.6. The zero-order chi connectivity index (χ0) is 24.4. The Morgan fingerprint density at radius 3 is 2.49 bits per heavy atom. The summed E-state index contributed by atoms with van der Waals surface area (Å²) in [5.41, 5.74) is 4.06. The van der Waals surface area contributed by atoms with Crippen molar-refractivity contribution in [2.24, 2.45) is 0 Å². The van der Waals surface area contributed by atoms with Crippen molar-refractivity contribution in [1.29, 1.82) is 0 Å². The highest BCUT2D eigenvalue weighted by atomic mass is 35.5. The Bertz CT molecular complexity index is 1360. The van der Waals surface area contributed by atoms with Crippen LogP contribution in [-0.4, -0.2) is 29.1 Å². The molecule has 1 N–H and O–H groups in total. The summed E-state index contributed by atoms with van der Waals surface area (Å²) in [6.07, 6.45) is 2.86. The molecule has 0 fully saturated rings. The number of ether oxygens (including phenoxy) is 2. The van der Waals surface area contributed by atoms with E-state index in [2.05, 4.69) is 11.6 Å². The number of carbonyl (C=O) groups is 1. The molecule has 35 heavy (non-hydrogen) atoms. The summed E-state index contributed by atoms with van der Waals surface area (Å²) in [7, 11) is 0. The fourth-order valence-electron chi connectivity index (χ4n) is 4.47. The molecule has 0 saturated carbocycles. The molecule has 4 aromatic rings. The number of nitrogens with one attached hydrogen (secondary N) is 1. The quantitative estimate of drug-likeness (QED) is 0.216. The summed E-state index contributed by atoms with van der Waals surface area (Å²) < 4.78 is 11.5. The first-order valence-corrected chi connectivity index (χ1v) is 12.2. The van der Waals surface area contributed by atoms with Crippen LogP contribution in [0, 0.1) is 0 Å². The Labute approximate surface area is 213 Å². The van der Waals surface area contributed by atoms with E-state index in [1.165, 1.54) is 0 Å². The van der Waals surface area contributed by atoms with Crippen molar-refractivity contribution in [3.8, 4) is 11.5 Å². The molecule has 2 heterocycles. The van der Waals surface area contributed by atoms with E-state index in [9.17, 15) is 4.79 Å².